The van der Waals surface area contributed by atoms with Crippen LogP contribution in [0.15, 0.2) is 35.3 Å². The summed E-state index contributed by atoms with van der Waals surface area (Å²) in [5, 5.41) is 3.53. The van der Waals surface area contributed by atoms with Crippen molar-refractivity contribution >= 4 is 5.96 Å². The van der Waals surface area contributed by atoms with Crippen molar-refractivity contribution in [2.75, 3.05) is 60.4 Å². The zero-order valence-corrected chi connectivity index (χ0v) is 15.7. The first-order valence-electron chi connectivity index (χ1n) is 8.95. The summed E-state index contributed by atoms with van der Waals surface area (Å²) in [7, 11) is 6.15. The minimum absolute atomic E-state index is 0.607. The van der Waals surface area contributed by atoms with E-state index in [4.69, 9.17) is 0 Å². The zero-order chi connectivity index (χ0) is 17.4. The van der Waals surface area contributed by atoms with Gasteiger partial charge in [-0.3, -0.25) is 4.99 Å². The second kappa shape index (κ2) is 9.64. The molecule has 1 N–H and O–H groups in total. The SMILES string of the molecule is CN=C(NCC(C)CN1CCN(C)CC1)N(C)Cc1ccccc1. The van der Waals surface area contributed by atoms with Crippen LogP contribution >= 0.6 is 0 Å². The third-order valence-electron chi connectivity index (χ3n) is 4.61. The first-order valence-corrected chi connectivity index (χ1v) is 8.95. The molecule has 1 aliphatic rings. The molecular formula is C19H33N5. The Morgan fingerprint density at radius 1 is 1.21 bits per heavy atom. The lowest BCUT2D eigenvalue weighted by Gasteiger charge is -2.34. The fourth-order valence-corrected chi connectivity index (χ4v) is 3.12. The number of benzene rings is 1. The van der Waals surface area contributed by atoms with Crippen molar-refractivity contribution in [2.45, 2.75) is 13.5 Å². The van der Waals surface area contributed by atoms with E-state index in [0.29, 0.717) is 5.92 Å². The molecule has 0 aliphatic carbocycles. The Morgan fingerprint density at radius 2 is 1.88 bits per heavy atom. The molecule has 1 unspecified atom stereocenters. The second-order valence-electron chi connectivity index (χ2n) is 6.98. The average Bonchev–Trinajstić information content (AvgIpc) is 2.58. The second-order valence-corrected chi connectivity index (χ2v) is 6.98. The zero-order valence-electron chi connectivity index (χ0n) is 15.7. The van der Waals surface area contributed by atoms with E-state index >= 15 is 0 Å². The molecule has 1 saturated heterocycles. The lowest BCUT2D eigenvalue weighted by Crippen LogP contribution is -2.47. The highest BCUT2D eigenvalue weighted by Crippen LogP contribution is 2.05. The molecule has 2 rings (SSSR count). The Morgan fingerprint density at radius 3 is 2.50 bits per heavy atom. The summed E-state index contributed by atoms with van der Waals surface area (Å²) in [4.78, 5) is 11.6. The summed E-state index contributed by atoms with van der Waals surface area (Å²) in [5.74, 6) is 1.57. The van der Waals surface area contributed by atoms with Gasteiger partial charge in [-0.2, -0.15) is 0 Å². The maximum Gasteiger partial charge on any atom is 0.193 e. The summed E-state index contributed by atoms with van der Waals surface area (Å²) in [6.45, 7) is 10.0. The Balaban J connectivity index is 1.74. The van der Waals surface area contributed by atoms with E-state index in [1.807, 2.05) is 7.05 Å². The van der Waals surface area contributed by atoms with Gasteiger partial charge in [0.05, 0.1) is 0 Å². The van der Waals surface area contributed by atoms with E-state index in [1.165, 1.54) is 31.7 Å². The molecule has 1 atom stereocenters. The van der Waals surface area contributed by atoms with Crippen LogP contribution < -0.4 is 5.32 Å². The Labute approximate surface area is 147 Å². The van der Waals surface area contributed by atoms with Crippen molar-refractivity contribution < 1.29 is 0 Å². The third kappa shape index (κ3) is 6.13. The van der Waals surface area contributed by atoms with Crippen molar-refractivity contribution in [3.8, 4) is 0 Å². The molecule has 0 spiro atoms. The number of rotatable bonds is 6. The van der Waals surface area contributed by atoms with Gasteiger partial charge >= 0.3 is 0 Å². The van der Waals surface area contributed by atoms with Crippen molar-refractivity contribution in [3.63, 3.8) is 0 Å². The Bertz CT molecular complexity index is 494. The van der Waals surface area contributed by atoms with E-state index in [1.54, 1.807) is 0 Å². The van der Waals surface area contributed by atoms with Crippen LogP contribution in [0.5, 0.6) is 0 Å². The molecule has 0 amide bonds. The van der Waals surface area contributed by atoms with Crippen molar-refractivity contribution in [1.29, 1.82) is 0 Å². The molecule has 1 aromatic rings. The first kappa shape index (κ1) is 18.7. The number of likely N-dealkylation sites (N-methyl/N-ethyl adjacent to an activating group) is 1. The van der Waals surface area contributed by atoms with E-state index in [9.17, 15) is 0 Å². The van der Waals surface area contributed by atoms with Crippen molar-refractivity contribution in [3.05, 3.63) is 35.9 Å². The van der Waals surface area contributed by atoms with Gasteiger partial charge in [0.15, 0.2) is 5.96 Å². The van der Waals surface area contributed by atoms with Crippen LogP contribution in [-0.2, 0) is 6.54 Å². The van der Waals surface area contributed by atoms with Crippen LogP contribution in [0.2, 0.25) is 0 Å². The number of aliphatic imine (C=N–C) groups is 1. The molecule has 5 heteroatoms. The molecule has 0 aromatic heterocycles. The van der Waals surface area contributed by atoms with Gasteiger partial charge in [0.2, 0.25) is 0 Å². The molecule has 1 aromatic carbocycles. The molecule has 134 valence electrons. The summed E-state index contributed by atoms with van der Waals surface area (Å²) < 4.78 is 0. The van der Waals surface area contributed by atoms with E-state index in [2.05, 4.69) is 76.4 Å². The van der Waals surface area contributed by atoms with Crippen LogP contribution in [0.1, 0.15) is 12.5 Å². The van der Waals surface area contributed by atoms with Gasteiger partial charge in [-0.1, -0.05) is 37.3 Å². The monoisotopic (exact) mass is 331 g/mol. The van der Waals surface area contributed by atoms with Crippen LogP contribution in [0.4, 0.5) is 0 Å². The third-order valence-corrected chi connectivity index (χ3v) is 4.61. The minimum Gasteiger partial charge on any atom is -0.356 e. The fourth-order valence-electron chi connectivity index (χ4n) is 3.12. The van der Waals surface area contributed by atoms with Crippen LogP contribution in [0.25, 0.3) is 0 Å². The fraction of sp³-hybridized carbons (Fsp3) is 0.632. The number of hydrogen-bond acceptors (Lipinski definition) is 3. The molecular weight excluding hydrogens is 298 g/mol. The summed E-state index contributed by atoms with van der Waals surface area (Å²) in [5.41, 5.74) is 1.30. The van der Waals surface area contributed by atoms with E-state index in [0.717, 1.165) is 25.6 Å². The number of nitrogens with one attached hydrogen (secondary N) is 1. The predicted molar refractivity (Wildman–Crippen MR) is 102 cm³/mol. The minimum atomic E-state index is 0.607. The maximum atomic E-state index is 4.42. The molecule has 0 saturated carbocycles. The number of guanidine groups is 1. The van der Waals surface area contributed by atoms with Gasteiger partial charge in [-0.15, -0.1) is 0 Å². The summed E-state index contributed by atoms with van der Waals surface area (Å²) in [6.07, 6.45) is 0. The highest BCUT2D eigenvalue weighted by molar-refractivity contribution is 5.79. The molecule has 1 aliphatic heterocycles. The number of piperazine rings is 1. The topological polar surface area (TPSA) is 34.1 Å². The predicted octanol–water partition coefficient (Wildman–Crippen LogP) is 1.58. The average molecular weight is 332 g/mol. The van der Waals surface area contributed by atoms with Gasteiger partial charge in [0.25, 0.3) is 0 Å². The highest BCUT2D eigenvalue weighted by Gasteiger charge is 2.16. The lowest BCUT2D eigenvalue weighted by atomic mass is 10.1. The number of hydrogen-bond donors (Lipinski definition) is 1. The van der Waals surface area contributed by atoms with Gasteiger partial charge in [0, 0.05) is 59.9 Å². The van der Waals surface area contributed by atoms with Crippen LogP contribution in [-0.4, -0.2) is 81.1 Å². The molecule has 24 heavy (non-hydrogen) atoms. The van der Waals surface area contributed by atoms with E-state index < -0.39 is 0 Å². The van der Waals surface area contributed by atoms with Crippen molar-refractivity contribution in [1.82, 2.24) is 20.0 Å². The first-order chi connectivity index (χ1) is 11.6. The van der Waals surface area contributed by atoms with Gasteiger partial charge in [0.1, 0.15) is 0 Å². The largest absolute Gasteiger partial charge is 0.356 e. The van der Waals surface area contributed by atoms with Gasteiger partial charge < -0.3 is 20.0 Å². The van der Waals surface area contributed by atoms with Crippen LogP contribution in [0, 0.1) is 5.92 Å². The Hall–Kier alpha value is -1.59. The lowest BCUT2D eigenvalue weighted by molar-refractivity contribution is 0.139. The molecule has 0 radical (unpaired) electrons. The van der Waals surface area contributed by atoms with Crippen molar-refractivity contribution in [2.24, 2.45) is 10.9 Å². The van der Waals surface area contributed by atoms with Gasteiger partial charge in [-0.05, 0) is 18.5 Å². The summed E-state index contributed by atoms with van der Waals surface area (Å²) >= 11 is 0. The quantitative estimate of drug-likeness (QED) is 0.634. The van der Waals surface area contributed by atoms with Gasteiger partial charge in [-0.25, -0.2) is 0 Å². The standard InChI is InChI=1S/C19H33N5/c1-17(15-24-12-10-22(3)11-13-24)14-21-19(20-2)23(4)16-18-8-6-5-7-9-18/h5-9,17H,10-16H2,1-4H3,(H,20,21). The molecule has 5 nitrogen and oxygen atoms in total. The smallest absolute Gasteiger partial charge is 0.193 e. The van der Waals surface area contributed by atoms with Crippen LogP contribution in [0.3, 0.4) is 0 Å². The van der Waals surface area contributed by atoms with E-state index in [-0.39, 0.29) is 0 Å². The molecule has 1 fully saturated rings. The summed E-state index contributed by atoms with van der Waals surface area (Å²) in [6, 6.07) is 10.5. The maximum absolute atomic E-state index is 4.42. The highest BCUT2D eigenvalue weighted by atomic mass is 15.3. The normalized spacial score (nSPS) is 18.4. The molecule has 1 heterocycles. The Kier molecular flexibility index (Phi) is 7.53. The molecule has 0 bridgehead atoms. The number of nitrogens with zero attached hydrogens (tertiary/aromatic N) is 4.